The molecule has 3 heteroatoms. The average molecular weight is 475 g/mol. The molecule has 1 heterocycles. The second kappa shape index (κ2) is 11.3. The highest BCUT2D eigenvalue weighted by Crippen LogP contribution is 2.69. The fraction of sp³-hybridized carbons (Fsp3) is 0.967. The Labute approximate surface area is 211 Å². The normalized spacial score (nSPS) is 44.3. The van der Waals surface area contributed by atoms with E-state index in [-0.39, 0.29) is 0 Å². The third-order valence-corrected chi connectivity index (χ3v) is 12.0. The molecule has 1 N–H and O–H groups in total. The highest BCUT2D eigenvalue weighted by atomic mass is 32.1. The molecule has 0 radical (unpaired) electrons. The first-order chi connectivity index (χ1) is 16.0. The summed E-state index contributed by atoms with van der Waals surface area (Å²) in [5.41, 5.74) is 3.12. The van der Waals surface area contributed by atoms with Gasteiger partial charge in [-0.1, -0.05) is 52.3 Å². The predicted octanol–water partition coefficient (Wildman–Crippen LogP) is 7.71. The zero-order valence-corrected chi connectivity index (χ0v) is 23.2. The summed E-state index contributed by atoms with van der Waals surface area (Å²) in [6, 6.07) is 0. The fourth-order valence-corrected chi connectivity index (χ4v) is 10.2. The van der Waals surface area contributed by atoms with Crippen molar-refractivity contribution in [3.05, 3.63) is 0 Å². The van der Waals surface area contributed by atoms with Crippen molar-refractivity contribution in [3.63, 3.8) is 0 Å². The van der Waals surface area contributed by atoms with E-state index in [1.165, 1.54) is 71.0 Å². The molecule has 4 aliphatic carbocycles. The van der Waals surface area contributed by atoms with Gasteiger partial charge in [0.1, 0.15) is 0 Å². The smallest absolute Gasteiger partial charge is 0.0640 e. The minimum absolute atomic E-state index is 0.672. The molecule has 8 atom stereocenters. The molecule has 0 aromatic rings. The maximum Gasteiger partial charge on any atom is 0.0640 e. The molecule has 4 saturated carbocycles. The molecule has 33 heavy (non-hydrogen) atoms. The fourth-order valence-electron chi connectivity index (χ4n) is 9.98. The van der Waals surface area contributed by atoms with Crippen LogP contribution >= 0.6 is 12.2 Å². The third-order valence-electron chi connectivity index (χ3n) is 11.7. The molecule has 5 fully saturated rings. The summed E-state index contributed by atoms with van der Waals surface area (Å²) in [6.07, 6.45) is 20.9. The highest BCUT2D eigenvalue weighted by Gasteiger charge is 2.60. The van der Waals surface area contributed by atoms with Gasteiger partial charge in [0.05, 0.1) is 5.49 Å². The lowest BCUT2D eigenvalue weighted by Gasteiger charge is -2.62. The quantitative estimate of drug-likeness (QED) is 0.313. The summed E-state index contributed by atoms with van der Waals surface area (Å²) in [4.78, 5) is 2.18. The molecule has 1 aliphatic heterocycles. The number of likely N-dealkylation sites (tertiary alicyclic amines) is 1. The molecule has 190 valence electrons. The van der Waals surface area contributed by atoms with Crippen molar-refractivity contribution in [1.29, 1.82) is 0 Å². The Balaban J connectivity index is 0.000000318. The van der Waals surface area contributed by atoms with E-state index >= 15 is 0 Å². The minimum Gasteiger partial charge on any atom is -0.369 e. The van der Waals surface area contributed by atoms with Gasteiger partial charge in [-0.25, -0.2) is 0 Å². The third kappa shape index (κ3) is 5.07. The van der Waals surface area contributed by atoms with Gasteiger partial charge in [-0.2, -0.15) is 0 Å². The van der Waals surface area contributed by atoms with Crippen LogP contribution in [0.5, 0.6) is 0 Å². The lowest BCUT2D eigenvalue weighted by Crippen LogP contribution is -2.55. The molecule has 0 aromatic carbocycles. The van der Waals surface area contributed by atoms with Gasteiger partial charge in [0.25, 0.3) is 0 Å². The summed E-state index contributed by atoms with van der Waals surface area (Å²) < 4.78 is 0. The van der Waals surface area contributed by atoms with E-state index in [0.717, 1.165) is 35.5 Å². The van der Waals surface area contributed by atoms with Crippen LogP contribution < -0.4 is 5.32 Å². The second-order valence-electron chi connectivity index (χ2n) is 13.1. The van der Waals surface area contributed by atoms with Crippen LogP contribution in [0.15, 0.2) is 0 Å². The topological polar surface area (TPSA) is 15.3 Å². The number of fused-ring (bicyclic) bond motifs is 5. The summed E-state index contributed by atoms with van der Waals surface area (Å²) in [7, 11) is 2.11. The van der Waals surface area contributed by atoms with Crippen molar-refractivity contribution >= 4 is 17.7 Å². The van der Waals surface area contributed by atoms with Crippen LogP contribution in [0.2, 0.25) is 0 Å². The predicted molar refractivity (Wildman–Crippen MR) is 147 cm³/mol. The minimum atomic E-state index is 0.672. The molecule has 1 saturated heterocycles. The molecular weight excluding hydrogens is 420 g/mol. The lowest BCUT2D eigenvalue weighted by atomic mass is 9.42. The van der Waals surface area contributed by atoms with Crippen LogP contribution in [0.25, 0.3) is 0 Å². The van der Waals surface area contributed by atoms with E-state index in [4.69, 9.17) is 12.2 Å². The van der Waals surface area contributed by atoms with Crippen LogP contribution in [-0.2, 0) is 0 Å². The van der Waals surface area contributed by atoms with Crippen molar-refractivity contribution in [1.82, 2.24) is 10.2 Å². The Morgan fingerprint density at radius 3 is 2.33 bits per heavy atom. The Morgan fingerprint density at radius 2 is 1.67 bits per heavy atom. The molecule has 6 unspecified atom stereocenters. The van der Waals surface area contributed by atoms with Crippen LogP contribution in [0.1, 0.15) is 111 Å². The van der Waals surface area contributed by atoms with E-state index < -0.39 is 0 Å². The number of nitrogens with zero attached hydrogens (tertiary/aromatic N) is 1. The van der Waals surface area contributed by atoms with Gasteiger partial charge in [0, 0.05) is 13.1 Å². The molecule has 2 nitrogen and oxygen atoms in total. The summed E-state index contributed by atoms with van der Waals surface area (Å²) >= 11 is 4.71. The van der Waals surface area contributed by atoms with Crippen molar-refractivity contribution in [3.8, 4) is 0 Å². The molecule has 0 aromatic heterocycles. The van der Waals surface area contributed by atoms with Crippen LogP contribution in [0.3, 0.4) is 0 Å². The first-order valence-corrected chi connectivity index (χ1v) is 15.3. The largest absolute Gasteiger partial charge is 0.369 e. The van der Waals surface area contributed by atoms with Gasteiger partial charge >= 0.3 is 0 Å². The highest BCUT2D eigenvalue weighted by molar-refractivity contribution is 7.78. The van der Waals surface area contributed by atoms with Gasteiger partial charge in [0.2, 0.25) is 0 Å². The van der Waals surface area contributed by atoms with Crippen LogP contribution in [-0.4, -0.2) is 37.1 Å². The number of nitrogens with one attached hydrogen (secondary N) is 1. The Kier molecular flexibility index (Phi) is 8.86. The lowest BCUT2D eigenvalue weighted by molar-refractivity contribution is -0.135. The number of hydrogen-bond donors (Lipinski definition) is 1. The van der Waals surface area contributed by atoms with E-state index in [9.17, 15) is 0 Å². The maximum atomic E-state index is 4.71. The standard InChI is InChI=1S/C25H45N.C5H9NS/c1-5-18-17-20-22-12-11-19(9-8-16-26-4)24(22,2)15-13-23(20)25(3)14-7-6-10-21(18)25;7-5-6-3-1-2-4-6/h18-23,26H,5-17H2,1-4H3;5H,1-4H2/t18-,19?,20?,21?,22?,23-,24?,25?;/m0./s1. The Hall–Kier alpha value is -0.150. The first kappa shape index (κ1) is 25.9. The summed E-state index contributed by atoms with van der Waals surface area (Å²) in [5, 5.41) is 3.37. The second-order valence-corrected chi connectivity index (χ2v) is 13.3. The van der Waals surface area contributed by atoms with Crippen LogP contribution in [0, 0.1) is 46.3 Å². The molecule has 5 rings (SSSR count). The van der Waals surface area contributed by atoms with E-state index in [1.54, 1.807) is 44.0 Å². The Bertz CT molecular complexity index is 631. The molecule has 0 spiro atoms. The van der Waals surface area contributed by atoms with Crippen molar-refractivity contribution < 1.29 is 0 Å². The zero-order chi connectivity index (χ0) is 23.5. The van der Waals surface area contributed by atoms with Crippen molar-refractivity contribution in [2.45, 2.75) is 111 Å². The number of rotatable bonds is 6. The van der Waals surface area contributed by atoms with Gasteiger partial charge in [-0.15, -0.1) is 0 Å². The first-order valence-electron chi connectivity index (χ1n) is 14.8. The van der Waals surface area contributed by atoms with E-state index in [0.29, 0.717) is 10.8 Å². The molecule has 0 bridgehead atoms. The van der Waals surface area contributed by atoms with Gasteiger partial charge in [-0.3, -0.25) is 0 Å². The summed E-state index contributed by atoms with van der Waals surface area (Å²) in [6.45, 7) is 11.5. The van der Waals surface area contributed by atoms with Crippen LogP contribution in [0.4, 0.5) is 0 Å². The van der Waals surface area contributed by atoms with Crippen molar-refractivity contribution in [2.24, 2.45) is 46.3 Å². The Morgan fingerprint density at radius 1 is 0.909 bits per heavy atom. The zero-order valence-electron chi connectivity index (χ0n) is 22.4. The summed E-state index contributed by atoms with van der Waals surface area (Å²) in [5.74, 6) is 6.28. The van der Waals surface area contributed by atoms with Gasteiger partial charge < -0.3 is 10.2 Å². The van der Waals surface area contributed by atoms with E-state index in [2.05, 4.69) is 38.0 Å². The van der Waals surface area contributed by atoms with Crippen molar-refractivity contribution in [2.75, 3.05) is 26.7 Å². The maximum absolute atomic E-state index is 4.71. The SMILES string of the molecule is CC[C@H]1CC2C3CCC(CCCNC)C3(C)CC[C@@H]2C2(C)CCCCC12.S=CN1CCCC1. The monoisotopic (exact) mass is 474 g/mol. The van der Waals surface area contributed by atoms with E-state index in [1.807, 2.05) is 0 Å². The number of thiocarbonyl (C=S) groups is 1. The molecule has 5 aliphatic rings. The number of hydrogen-bond acceptors (Lipinski definition) is 2. The molecular formula is C30H54N2S. The molecule has 0 amide bonds. The average Bonchev–Trinajstić information content (AvgIpc) is 3.47. The van der Waals surface area contributed by atoms with Gasteiger partial charge in [0.15, 0.2) is 0 Å². The van der Waals surface area contributed by atoms with Gasteiger partial charge in [-0.05, 0) is 131 Å².